The van der Waals surface area contributed by atoms with Gasteiger partial charge in [-0.2, -0.15) is 0 Å². The molecule has 2 amide bonds. The van der Waals surface area contributed by atoms with Crippen LogP contribution in [0.4, 0.5) is 4.79 Å². The number of carboxylic acid groups (broad SMARTS) is 1. The molecule has 2 saturated carbocycles. The first kappa shape index (κ1) is 16.5. The second-order valence-electron chi connectivity index (χ2n) is 7.11. The van der Waals surface area contributed by atoms with Crippen molar-refractivity contribution in [2.75, 3.05) is 26.2 Å². The number of likely N-dealkylation sites (N-methyl/N-ethyl adjacent to an activating group) is 1. The summed E-state index contributed by atoms with van der Waals surface area (Å²) in [5.41, 5.74) is 0. The van der Waals surface area contributed by atoms with E-state index in [1.807, 2.05) is 11.8 Å². The van der Waals surface area contributed by atoms with Crippen LogP contribution in [0.5, 0.6) is 0 Å². The molecule has 3 aliphatic rings. The summed E-state index contributed by atoms with van der Waals surface area (Å²) < 4.78 is 0. The van der Waals surface area contributed by atoms with Gasteiger partial charge < -0.3 is 15.7 Å². The third kappa shape index (κ3) is 4.35. The summed E-state index contributed by atoms with van der Waals surface area (Å²) in [7, 11) is 0. The SMILES string of the molecule is CCN(CC(=O)O)C1CC(NC(=O)NC2CCN(C3CC3)C2)C1. The molecule has 1 saturated heterocycles. The first-order chi connectivity index (χ1) is 11.0. The Morgan fingerprint density at radius 3 is 2.48 bits per heavy atom. The highest BCUT2D eigenvalue weighted by Gasteiger charge is 2.37. The Balaban J connectivity index is 1.33. The van der Waals surface area contributed by atoms with Crippen molar-refractivity contribution in [3.8, 4) is 0 Å². The van der Waals surface area contributed by atoms with Gasteiger partial charge in [-0.1, -0.05) is 6.92 Å². The first-order valence-corrected chi connectivity index (χ1v) is 8.82. The molecule has 130 valence electrons. The van der Waals surface area contributed by atoms with Crippen LogP contribution in [0.1, 0.15) is 39.0 Å². The monoisotopic (exact) mass is 324 g/mol. The molecule has 0 radical (unpaired) electrons. The maximum atomic E-state index is 12.1. The Kier molecular flexibility index (Phi) is 5.06. The number of nitrogens with one attached hydrogen (secondary N) is 2. The average molecular weight is 324 g/mol. The summed E-state index contributed by atoms with van der Waals surface area (Å²) in [4.78, 5) is 27.3. The van der Waals surface area contributed by atoms with Gasteiger partial charge in [0.25, 0.3) is 0 Å². The van der Waals surface area contributed by atoms with Gasteiger partial charge >= 0.3 is 12.0 Å². The second kappa shape index (κ2) is 7.05. The fourth-order valence-corrected chi connectivity index (χ4v) is 3.77. The molecule has 1 atom stereocenters. The molecule has 7 heteroatoms. The third-order valence-corrected chi connectivity index (χ3v) is 5.33. The van der Waals surface area contributed by atoms with Gasteiger partial charge in [0.1, 0.15) is 0 Å². The largest absolute Gasteiger partial charge is 0.480 e. The van der Waals surface area contributed by atoms with E-state index in [4.69, 9.17) is 5.11 Å². The number of carboxylic acids is 1. The van der Waals surface area contributed by atoms with Crippen molar-refractivity contribution in [1.82, 2.24) is 20.4 Å². The van der Waals surface area contributed by atoms with Crippen LogP contribution in [-0.4, -0.2) is 77.3 Å². The zero-order valence-corrected chi connectivity index (χ0v) is 13.8. The Morgan fingerprint density at radius 1 is 1.17 bits per heavy atom. The Labute approximate surface area is 137 Å². The number of carbonyl (C=O) groups excluding carboxylic acids is 1. The number of hydrogen-bond donors (Lipinski definition) is 3. The molecule has 3 fully saturated rings. The van der Waals surface area contributed by atoms with Crippen molar-refractivity contribution in [3.63, 3.8) is 0 Å². The van der Waals surface area contributed by atoms with Gasteiger partial charge in [0.2, 0.25) is 0 Å². The van der Waals surface area contributed by atoms with Crippen LogP contribution in [0, 0.1) is 0 Å². The molecule has 1 heterocycles. The summed E-state index contributed by atoms with van der Waals surface area (Å²) in [6.07, 6.45) is 5.35. The molecule has 1 aliphatic heterocycles. The topological polar surface area (TPSA) is 84.9 Å². The highest BCUT2D eigenvalue weighted by Crippen LogP contribution is 2.30. The third-order valence-electron chi connectivity index (χ3n) is 5.33. The van der Waals surface area contributed by atoms with Crippen molar-refractivity contribution in [3.05, 3.63) is 0 Å². The van der Waals surface area contributed by atoms with Gasteiger partial charge in [0.05, 0.1) is 6.54 Å². The second-order valence-corrected chi connectivity index (χ2v) is 7.11. The maximum Gasteiger partial charge on any atom is 0.317 e. The van der Waals surface area contributed by atoms with E-state index in [1.165, 1.54) is 12.8 Å². The predicted octanol–water partition coefficient (Wildman–Crippen LogP) is 0.460. The highest BCUT2D eigenvalue weighted by atomic mass is 16.4. The number of nitrogens with zero attached hydrogens (tertiary/aromatic N) is 2. The Bertz CT molecular complexity index is 449. The average Bonchev–Trinajstić information content (AvgIpc) is 3.21. The lowest BCUT2D eigenvalue weighted by atomic mass is 9.85. The Morgan fingerprint density at radius 2 is 1.87 bits per heavy atom. The minimum absolute atomic E-state index is 0.0719. The van der Waals surface area contributed by atoms with E-state index in [9.17, 15) is 9.59 Å². The van der Waals surface area contributed by atoms with Crippen molar-refractivity contribution in [2.24, 2.45) is 0 Å². The quantitative estimate of drug-likeness (QED) is 0.633. The number of hydrogen-bond acceptors (Lipinski definition) is 4. The van der Waals surface area contributed by atoms with Gasteiger partial charge in [-0.25, -0.2) is 4.79 Å². The van der Waals surface area contributed by atoms with E-state index in [0.717, 1.165) is 44.9 Å². The van der Waals surface area contributed by atoms with Crippen LogP contribution in [0.15, 0.2) is 0 Å². The van der Waals surface area contributed by atoms with Crippen LogP contribution < -0.4 is 10.6 Å². The number of rotatable bonds is 7. The molecular weight excluding hydrogens is 296 g/mol. The molecule has 0 spiro atoms. The molecule has 1 unspecified atom stereocenters. The standard InChI is InChI=1S/C16H28N4O3/c1-2-19(10-15(21)22)14-7-12(8-14)18-16(23)17-11-5-6-20(9-11)13-3-4-13/h11-14H,2-10H2,1H3,(H,21,22)(H2,17,18,23). The zero-order valence-electron chi connectivity index (χ0n) is 13.8. The normalized spacial score (nSPS) is 31.0. The number of urea groups is 1. The van der Waals surface area contributed by atoms with Crippen molar-refractivity contribution in [1.29, 1.82) is 0 Å². The van der Waals surface area contributed by atoms with Crippen molar-refractivity contribution in [2.45, 2.75) is 63.2 Å². The van der Waals surface area contributed by atoms with E-state index in [-0.39, 0.29) is 30.7 Å². The van der Waals surface area contributed by atoms with Crippen molar-refractivity contribution < 1.29 is 14.7 Å². The maximum absolute atomic E-state index is 12.1. The molecule has 0 aromatic rings. The summed E-state index contributed by atoms with van der Waals surface area (Å²) in [5.74, 6) is -0.789. The number of amides is 2. The molecule has 3 rings (SSSR count). The predicted molar refractivity (Wildman–Crippen MR) is 86.4 cm³/mol. The van der Waals surface area contributed by atoms with Crippen LogP contribution in [0.3, 0.4) is 0 Å². The lowest BCUT2D eigenvalue weighted by molar-refractivity contribution is -0.139. The minimum atomic E-state index is -0.789. The van der Waals surface area contributed by atoms with Crippen LogP contribution >= 0.6 is 0 Å². The van der Waals surface area contributed by atoms with Crippen molar-refractivity contribution >= 4 is 12.0 Å². The summed E-state index contributed by atoms with van der Waals surface area (Å²) in [5, 5.41) is 15.0. The molecule has 0 bridgehead atoms. The number of aliphatic carboxylic acids is 1. The van der Waals surface area contributed by atoms with E-state index < -0.39 is 5.97 Å². The number of carbonyl (C=O) groups is 2. The summed E-state index contributed by atoms with van der Waals surface area (Å²) >= 11 is 0. The smallest absolute Gasteiger partial charge is 0.317 e. The lowest BCUT2D eigenvalue weighted by Crippen LogP contribution is -2.57. The fourth-order valence-electron chi connectivity index (χ4n) is 3.77. The van der Waals surface area contributed by atoms with Crippen LogP contribution in [0.25, 0.3) is 0 Å². The molecule has 7 nitrogen and oxygen atoms in total. The van der Waals surface area contributed by atoms with Gasteiger partial charge in [0, 0.05) is 37.3 Å². The first-order valence-electron chi connectivity index (χ1n) is 8.82. The van der Waals surface area contributed by atoms with Gasteiger partial charge in [-0.05, 0) is 38.6 Å². The summed E-state index contributed by atoms with van der Waals surface area (Å²) in [6, 6.07) is 1.41. The van der Waals surface area contributed by atoms with Gasteiger partial charge in [-0.3, -0.25) is 14.6 Å². The van der Waals surface area contributed by atoms with E-state index in [0.29, 0.717) is 0 Å². The molecule has 2 aliphatic carbocycles. The molecular formula is C16H28N4O3. The van der Waals surface area contributed by atoms with E-state index >= 15 is 0 Å². The summed E-state index contributed by atoms with van der Waals surface area (Å²) in [6.45, 7) is 4.87. The number of likely N-dealkylation sites (tertiary alicyclic amines) is 1. The van der Waals surface area contributed by atoms with Gasteiger partial charge in [-0.15, -0.1) is 0 Å². The Hall–Kier alpha value is -1.34. The van der Waals surface area contributed by atoms with E-state index in [1.54, 1.807) is 0 Å². The molecule has 23 heavy (non-hydrogen) atoms. The van der Waals surface area contributed by atoms with Crippen LogP contribution in [0.2, 0.25) is 0 Å². The molecule has 3 N–H and O–H groups in total. The van der Waals surface area contributed by atoms with Crippen LogP contribution in [-0.2, 0) is 4.79 Å². The highest BCUT2D eigenvalue weighted by molar-refractivity contribution is 5.74. The minimum Gasteiger partial charge on any atom is -0.480 e. The zero-order chi connectivity index (χ0) is 16.4. The lowest BCUT2D eigenvalue weighted by Gasteiger charge is -2.42. The molecule has 0 aromatic carbocycles. The molecule has 0 aromatic heterocycles. The van der Waals surface area contributed by atoms with E-state index in [2.05, 4.69) is 15.5 Å². The fraction of sp³-hybridized carbons (Fsp3) is 0.875. The van der Waals surface area contributed by atoms with Gasteiger partial charge in [0.15, 0.2) is 0 Å².